The second-order valence-corrected chi connectivity index (χ2v) is 11.9. The van der Waals surface area contributed by atoms with Gasteiger partial charge in [-0.2, -0.15) is 0 Å². The number of rotatable bonds is 9. The van der Waals surface area contributed by atoms with Crippen LogP contribution in [0.1, 0.15) is 62.5 Å². The normalized spacial score (nSPS) is 24.0. The average molecular weight is 531 g/mol. The third-order valence-corrected chi connectivity index (χ3v) is 8.91. The predicted octanol–water partition coefficient (Wildman–Crippen LogP) is 7.11. The Hall–Kier alpha value is -1.47. The van der Waals surface area contributed by atoms with E-state index < -0.39 is 5.97 Å². The second-order valence-electron chi connectivity index (χ2n) is 10.1. The summed E-state index contributed by atoms with van der Waals surface area (Å²) in [7, 11) is 0. The largest absolute Gasteiger partial charge is 0.480 e. The van der Waals surface area contributed by atoms with Crippen molar-refractivity contribution in [3.63, 3.8) is 0 Å². The lowest BCUT2D eigenvalue weighted by molar-refractivity contribution is -0.145. The zero-order chi connectivity index (χ0) is 25.8. The minimum Gasteiger partial charge on any atom is -0.480 e. The fraction of sp³-hybridized carbons (Fsp3) is 0.567. The Kier molecular flexibility index (Phi) is 12.7. The van der Waals surface area contributed by atoms with E-state index in [2.05, 4.69) is 61.0 Å². The van der Waals surface area contributed by atoms with Gasteiger partial charge >= 0.3 is 5.97 Å². The number of carbonyl (C=O) groups is 1. The van der Waals surface area contributed by atoms with Gasteiger partial charge in [0.25, 0.3) is 0 Å². The van der Waals surface area contributed by atoms with Crippen molar-refractivity contribution in [2.45, 2.75) is 86.2 Å². The van der Waals surface area contributed by atoms with Crippen molar-refractivity contribution in [2.24, 2.45) is 11.8 Å². The summed E-state index contributed by atoms with van der Waals surface area (Å²) in [5.74, 6) is 0.615. The summed E-state index contributed by atoms with van der Waals surface area (Å²) in [6, 6.07) is 17.7. The molecule has 2 saturated carbocycles. The number of aliphatic carboxylic acids is 1. The van der Waals surface area contributed by atoms with E-state index in [1.807, 2.05) is 0 Å². The molecule has 2 aromatic rings. The van der Waals surface area contributed by atoms with Gasteiger partial charge in [0.1, 0.15) is 6.61 Å². The third-order valence-electron chi connectivity index (χ3n) is 7.42. The van der Waals surface area contributed by atoms with Crippen LogP contribution in [0.2, 0.25) is 0 Å². The summed E-state index contributed by atoms with van der Waals surface area (Å²) in [6.45, 7) is -0.161. The molecule has 0 bridgehead atoms. The zero-order valence-electron chi connectivity index (χ0n) is 21.7. The highest BCUT2D eigenvalue weighted by Crippen LogP contribution is 2.30. The van der Waals surface area contributed by atoms with Crippen LogP contribution >= 0.6 is 23.5 Å². The number of carboxylic acids is 1. The van der Waals surface area contributed by atoms with Crippen molar-refractivity contribution in [2.75, 3.05) is 19.1 Å². The van der Waals surface area contributed by atoms with Crippen LogP contribution in [0, 0.1) is 11.8 Å². The number of aliphatic hydroxyl groups is 1. The highest BCUT2D eigenvalue weighted by atomic mass is 32.2. The van der Waals surface area contributed by atoms with Crippen LogP contribution in [-0.4, -0.2) is 47.5 Å². The van der Waals surface area contributed by atoms with Crippen molar-refractivity contribution in [3.05, 3.63) is 59.7 Å². The van der Waals surface area contributed by atoms with Gasteiger partial charge < -0.3 is 14.9 Å². The fourth-order valence-corrected chi connectivity index (χ4v) is 6.05. The molecule has 2 fully saturated rings. The van der Waals surface area contributed by atoms with Gasteiger partial charge in [-0.25, -0.2) is 4.79 Å². The highest BCUT2D eigenvalue weighted by molar-refractivity contribution is 7.98. The Balaban J connectivity index is 0.000000205. The molecule has 2 aromatic carbocycles. The Morgan fingerprint density at radius 3 is 1.56 bits per heavy atom. The van der Waals surface area contributed by atoms with Crippen LogP contribution < -0.4 is 0 Å². The molecule has 4 nitrogen and oxygen atoms in total. The number of ether oxygens (including phenoxy) is 1. The van der Waals surface area contributed by atoms with Crippen LogP contribution in [0.5, 0.6) is 0 Å². The summed E-state index contributed by atoms with van der Waals surface area (Å²) < 4.78 is 5.37. The van der Waals surface area contributed by atoms with Gasteiger partial charge in [-0.1, -0.05) is 24.3 Å². The lowest BCUT2D eigenvalue weighted by Gasteiger charge is -2.28. The Labute approximate surface area is 225 Å². The van der Waals surface area contributed by atoms with Crippen LogP contribution in [0.15, 0.2) is 58.3 Å². The molecule has 0 aliphatic heterocycles. The number of carboxylic acid groups (broad SMARTS) is 1. The number of thioether (sulfide) groups is 2. The SMILES string of the molecule is CSc1ccc(CC2CCC(O)CC2)cc1.CSc1ccc(CC2CCC(OCC(=O)O)CC2)cc1. The van der Waals surface area contributed by atoms with Gasteiger partial charge in [-0.15, -0.1) is 23.5 Å². The van der Waals surface area contributed by atoms with Crippen LogP contribution in [0.25, 0.3) is 0 Å². The molecule has 0 radical (unpaired) electrons. The second kappa shape index (κ2) is 15.7. The van der Waals surface area contributed by atoms with Gasteiger partial charge in [0.05, 0.1) is 12.2 Å². The molecule has 0 heterocycles. The van der Waals surface area contributed by atoms with E-state index in [4.69, 9.17) is 9.84 Å². The molecule has 4 rings (SSSR count). The molecule has 0 atom stereocenters. The van der Waals surface area contributed by atoms with Crippen LogP contribution in [0.3, 0.4) is 0 Å². The third kappa shape index (κ3) is 10.5. The summed E-state index contributed by atoms with van der Waals surface area (Å²) in [6.07, 6.45) is 15.2. The predicted molar refractivity (Wildman–Crippen MR) is 151 cm³/mol. The van der Waals surface area contributed by atoms with E-state index in [9.17, 15) is 9.90 Å². The van der Waals surface area contributed by atoms with Crippen molar-refractivity contribution in [3.8, 4) is 0 Å². The molecule has 0 aromatic heterocycles. The maximum absolute atomic E-state index is 10.5. The van der Waals surface area contributed by atoms with E-state index in [0.717, 1.165) is 50.9 Å². The monoisotopic (exact) mass is 530 g/mol. The van der Waals surface area contributed by atoms with Crippen molar-refractivity contribution in [1.29, 1.82) is 0 Å². The molecule has 0 saturated heterocycles. The lowest BCUT2D eigenvalue weighted by Crippen LogP contribution is -2.25. The molecule has 0 spiro atoms. The fourth-order valence-electron chi connectivity index (χ4n) is 5.23. The van der Waals surface area contributed by atoms with Gasteiger partial charge in [0, 0.05) is 9.79 Å². The first-order valence-corrected chi connectivity index (χ1v) is 15.7. The quantitative estimate of drug-likeness (QED) is 0.337. The molecule has 36 heavy (non-hydrogen) atoms. The van der Waals surface area contributed by atoms with E-state index in [0.29, 0.717) is 5.92 Å². The molecular formula is C30H42O4S2. The van der Waals surface area contributed by atoms with Crippen molar-refractivity contribution < 1.29 is 19.7 Å². The summed E-state index contributed by atoms with van der Waals surface area (Å²) in [4.78, 5) is 13.1. The molecule has 0 amide bonds. The number of hydrogen-bond donors (Lipinski definition) is 2. The van der Waals surface area contributed by atoms with Crippen LogP contribution in [0.4, 0.5) is 0 Å². The smallest absolute Gasteiger partial charge is 0.329 e. The molecule has 0 unspecified atom stereocenters. The maximum Gasteiger partial charge on any atom is 0.329 e. The number of aliphatic hydroxyl groups excluding tert-OH is 1. The van der Waals surface area contributed by atoms with E-state index >= 15 is 0 Å². The summed E-state index contributed by atoms with van der Waals surface area (Å²) >= 11 is 3.56. The van der Waals surface area contributed by atoms with Gasteiger partial charge in [-0.3, -0.25) is 0 Å². The zero-order valence-corrected chi connectivity index (χ0v) is 23.4. The summed E-state index contributed by atoms with van der Waals surface area (Å²) in [5, 5.41) is 18.1. The Morgan fingerprint density at radius 1 is 0.750 bits per heavy atom. The molecule has 2 N–H and O–H groups in total. The number of hydrogen-bond acceptors (Lipinski definition) is 5. The average Bonchev–Trinajstić information content (AvgIpc) is 2.91. The highest BCUT2D eigenvalue weighted by Gasteiger charge is 2.22. The Morgan fingerprint density at radius 2 is 1.17 bits per heavy atom. The van der Waals surface area contributed by atoms with Crippen molar-refractivity contribution >= 4 is 29.5 Å². The molecule has 2 aliphatic rings. The first-order valence-electron chi connectivity index (χ1n) is 13.2. The number of benzene rings is 2. The first kappa shape index (κ1) is 29.1. The van der Waals surface area contributed by atoms with Gasteiger partial charge in [-0.05, 0) is 124 Å². The molecule has 2 aliphatic carbocycles. The van der Waals surface area contributed by atoms with E-state index in [1.165, 1.54) is 40.2 Å². The standard InChI is InChI=1S/C16H22O3S.C14H20OS/c1-20-15-8-4-13(5-9-15)10-12-2-6-14(7-3-12)19-11-16(17)18;1-16-14-8-4-12(5-9-14)10-11-2-6-13(15)7-3-11/h4-5,8-9,12,14H,2-3,6-7,10-11H2,1H3,(H,17,18);4-5,8-9,11,13,15H,2-3,6-7,10H2,1H3. The lowest BCUT2D eigenvalue weighted by atomic mass is 9.83. The molecule has 198 valence electrons. The molecule has 6 heteroatoms. The van der Waals surface area contributed by atoms with Crippen LogP contribution in [-0.2, 0) is 22.4 Å². The van der Waals surface area contributed by atoms with E-state index in [1.54, 1.807) is 23.5 Å². The van der Waals surface area contributed by atoms with Gasteiger partial charge in [0.15, 0.2) is 0 Å². The minimum absolute atomic E-state index is 0.0323. The summed E-state index contributed by atoms with van der Waals surface area (Å²) in [5.41, 5.74) is 2.84. The van der Waals surface area contributed by atoms with E-state index in [-0.39, 0.29) is 18.8 Å². The van der Waals surface area contributed by atoms with Crippen molar-refractivity contribution in [1.82, 2.24) is 0 Å². The minimum atomic E-state index is -0.874. The Bertz CT molecular complexity index is 884. The topological polar surface area (TPSA) is 66.8 Å². The van der Waals surface area contributed by atoms with Gasteiger partial charge in [0.2, 0.25) is 0 Å². The molecular weight excluding hydrogens is 488 g/mol. The maximum atomic E-state index is 10.5. The first-order chi connectivity index (χ1) is 17.4.